The average Bonchev–Trinajstić information content (AvgIpc) is 2.38. The number of hydrogen-bond acceptors (Lipinski definition) is 4. The van der Waals surface area contributed by atoms with Crippen LogP contribution in [0.4, 0.5) is 11.4 Å². The Morgan fingerprint density at radius 1 is 1.53 bits per heavy atom. The molecule has 19 heavy (non-hydrogen) atoms. The Morgan fingerprint density at radius 2 is 2.26 bits per heavy atom. The van der Waals surface area contributed by atoms with Crippen molar-refractivity contribution in [3.05, 3.63) is 33.3 Å². The van der Waals surface area contributed by atoms with Gasteiger partial charge in [-0.2, -0.15) is 0 Å². The molecular weight excluding hydrogens is 272 g/mol. The third-order valence-corrected chi connectivity index (χ3v) is 3.56. The molecule has 0 aliphatic carbocycles. The number of hydrogen-bond donors (Lipinski definition) is 1. The van der Waals surface area contributed by atoms with E-state index in [2.05, 4.69) is 0 Å². The van der Waals surface area contributed by atoms with E-state index in [0.717, 1.165) is 6.42 Å². The normalized spacial score (nSPS) is 19.2. The van der Waals surface area contributed by atoms with Crippen molar-refractivity contribution < 1.29 is 14.8 Å². The first-order valence-corrected chi connectivity index (χ1v) is 6.28. The molecule has 0 bridgehead atoms. The van der Waals surface area contributed by atoms with E-state index < -0.39 is 16.8 Å². The Morgan fingerprint density at radius 3 is 2.84 bits per heavy atom. The topological polar surface area (TPSA) is 83.7 Å². The van der Waals surface area contributed by atoms with Gasteiger partial charge in [0.1, 0.15) is 0 Å². The van der Waals surface area contributed by atoms with E-state index in [9.17, 15) is 14.9 Å². The number of rotatable bonds is 3. The monoisotopic (exact) mass is 284 g/mol. The van der Waals surface area contributed by atoms with Crippen molar-refractivity contribution in [2.75, 3.05) is 18.0 Å². The summed E-state index contributed by atoms with van der Waals surface area (Å²) in [7, 11) is 0. The van der Waals surface area contributed by atoms with E-state index in [1.165, 1.54) is 12.1 Å². The van der Waals surface area contributed by atoms with Crippen LogP contribution in [-0.4, -0.2) is 29.1 Å². The van der Waals surface area contributed by atoms with Crippen molar-refractivity contribution in [1.29, 1.82) is 0 Å². The van der Waals surface area contributed by atoms with Crippen LogP contribution in [0.15, 0.2) is 18.2 Å². The number of carboxylic acid groups (broad SMARTS) is 1. The minimum Gasteiger partial charge on any atom is -0.481 e. The Kier molecular flexibility index (Phi) is 3.90. The number of carbonyl (C=O) groups is 1. The van der Waals surface area contributed by atoms with E-state index in [-0.39, 0.29) is 10.7 Å². The van der Waals surface area contributed by atoms with Gasteiger partial charge < -0.3 is 10.0 Å². The SMILES string of the molecule is O=C(O)[C@H]1CCCN(c2ccc([N+](=O)[O-])cc2Cl)C1. The van der Waals surface area contributed by atoms with Crippen LogP contribution >= 0.6 is 11.6 Å². The highest BCUT2D eigenvalue weighted by atomic mass is 35.5. The highest BCUT2D eigenvalue weighted by molar-refractivity contribution is 6.33. The number of halogens is 1. The van der Waals surface area contributed by atoms with Gasteiger partial charge in [0.2, 0.25) is 0 Å². The molecule has 7 heteroatoms. The van der Waals surface area contributed by atoms with Gasteiger partial charge in [0, 0.05) is 25.2 Å². The predicted molar refractivity (Wildman–Crippen MR) is 70.7 cm³/mol. The van der Waals surface area contributed by atoms with Gasteiger partial charge in [0.05, 0.1) is 21.6 Å². The molecule has 2 rings (SSSR count). The highest BCUT2D eigenvalue weighted by Crippen LogP contribution is 2.32. The van der Waals surface area contributed by atoms with E-state index >= 15 is 0 Å². The van der Waals surface area contributed by atoms with E-state index in [0.29, 0.717) is 25.2 Å². The Labute approximate surface area is 114 Å². The van der Waals surface area contributed by atoms with E-state index in [1.54, 1.807) is 6.07 Å². The molecule has 0 unspecified atom stereocenters. The molecule has 1 aliphatic rings. The number of piperidine rings is 1. The number of benzene rings is 1. The molecular formula is C12H13ClN2O4. The largest absolute Gasteiger partial charge is 0.481 e. The summed E-state index contributed by atoms with van der Waals surface area (Å²) in [6.45, 7) is 1.09. The van der Waals surface area contributed by atoms with Crippen molar-refractivity contribution in [2.45, 2.75) is 12.8 Å². The molecule has 1 heterocycles. The lowest BCUT2D eigenvalue weighted by atomic mass is 9.98. The summed E-state index contributed by atoms with van der Waals surface area (Å²) in [4.78, 5) is 23.0. The zero-order chi connectivity index (χ0) is 14.0. The van der Waals surface area contributed by atoms with Crippen molar-refractivity contribution >= 4 is 28.9 Å². The summed E-state index contributed by atoms with van der Waals surface area (Å²) in [5.41, 5.74) is 0.582. The van der Waals surface area contributed by atoms with Crippen LogP contribution in [0.3, 0.4) is 0 Å². The van der Waals surface area contributed by atoms with Crippen LogP contribution in [0.1, 0.15) is 12.8 Å². The third kappa shape index (κ3) is 2.96. The van der Waals surface area contributed by atoms with Gasteiger partial charge in [-0.25, -0.2) is 0 Å². The number of anilines is 1. The van der Waals surface area contributed by atoms with Crippen molar-refractivity contribution in [2.24, 2.45) is 5.92 Å². The molecule has 102 valence electrons. The standard InChI is InChI=1S/C12H13ClN2O4/c13-10-6-9(15(18)19)3-4-11(10)14-5-1-2-8(7-14)12(16)17/h3-4,6,8H,1-2,5,7H2,(H,16,17)/t8-/m0/s1. The van der Waals surface area contributed by atoms with Crippen molar-refractivity contribution in [3.63, 3.8) is 0 Å². The maximum Gasteiger partial charge on any atom is 0.308 e. The van der Waals surface area contributed by atoms with Gasteiger partial charge in [-0.15, -0.1) is 0 Å². The van der Waals surface area contributed by atoms with Crippen LogP contribution < -0.4 is 4.90 Å². The van der Waals surface area contributed by atoms with Crippen LogP contribution in [-0.2, 0) is 4.79 Å². The maximum atomic E-state index is 11.0. The molecule has 0 spiro atoms. The molecule has 1 aliphatic heterocycles. The minimum absolute atomic E-state index is 0.0689. The Balaban J connectivity index is 2.22. The molecule has 0 amide bonds. The zero-order valence-corrected chi connectivity index (χ0v) is 10.8. The average molecular weight is 285 g/mol. The van der Waals surface area contributed by atoms with Crippen molar-refractivity contribution in [3.8, 4) is 0 Å². The van der Waals surface area contributed by atoms with E-state index in [4.69, 9.17) is 16.7 Å². The third-order valence-electron chi connectivity index (χ3n) is 3.25. The highest BCUT2D eigenvalue weighted by Gasteiger charge is 2.26. The second-order valence-corrected chi connectivity index (χ2v) is 4.92. The fourth-order valence-corrected chi connectivity index (χ4v) is 2.56. The first-order chi connectivity index (χ1) is 8.99. The summed E-state index contributed by atoms with van der Waals surface area (Å²) in [6, 6.07) is 4.25. The second kappa shape index (κ2) is 5.44. The zero-order valence-electron chi connectivity index (χ0n) is 10.1. The molecule has 1 N–H and O–H groups in total. The van der Waals surface area contributed by atoms with Crippen LogP contribution in [0.2, 0.25) is 5.02 Å². The molecule has 1 aromatic rings. The maximum absolute atomic E-state index is 11.0. The van der Waals surface area contributed by atoms with Gasteiger partial charge in [-0.1, -0.05) is 11.6 Å². The van der Waals surface area contributed by atoms with Gasteiger partial charge in [0.15, 0.2) is 0 Å². The number of carboxylic acids is 1. The lowest BCUT2D eigenvalue weighted by molar-refractivity contribution is -0.384. The molecule has 0 aromatic heterocycles. The summed E-state index contributed by atoms with van der Waals surface area (Å²) >= 11 is 6.04. The molecule has 1 fully saturated rings. The molecule has 1 aromatic carbocycles. The van der Waals surface area contributed by atoms with Crippen LogP contribution in [0.5, 0.6) is 0 Å². The fourth-order valence-electron chi connectivity index (χ4n) is 2.26. The van der Waals surface area contributed by atoms with Gasteiger partial charge in [-0.05, 0) is 18.9 Å². The quantitative estimate of drug-likeness (QED) is 0.681. The molecule has 0 saturated carbocycles. The lowest BCUT2D eigenvalue weighted by Crippen LogP contribution is -2.38. The van der Waals surface area contributed by atoms with Gasteiger partial charge in [0.25, 0.3) is 5.69 Å². The number of nitro benzene ring substituents is 1. The Hall–Kier alpha value is -1.82. The predicted octanol–water partition coefficient (Wildman–Crippen LogP) is 2.55. The molecule has 6 nitrogen and oxygen atoms in total. The van der Waals surface area contributed by atoms with Gasteiger partial charge >= 0.3 is 5.97 Å². The summed E-state index contributed by atoms with van der Waals surface area (Å²) in [5, 5.41) is 20.0. The molecule has 1 saturated heterocycles. The molecule has 0 radical (unpaired) electrons. The molecule has 1 atom stereocenters. The smallest absolute Gasteiger partial charge is 0.308 e. The Bertz CT molecular complexity index is 520. The first-order valence-electron chi connectivity index (χ1n) is 5.90. The number of nitrogens with zero attached hydrogens (tertiary/aromatic N) is 2. The lowest BCUT2D eigenvalue weighted by Gasteiger charge is -2.33. The second-order valence-electron chi connectivity index (χ2n) is 4.52. The number of nitro groups is 1. The number of non-ortho nitro benzene ring substituents is 1. The fraction of sp³-hybridized carbons (Fsp3) is 0.417. The summed E-state index contributed by atoms with van der Waals surface area (Å²) < 4.78 is 0. The number of aliphatic carboxylic acids is 1. The van der Waals surface area contributed by atoms with Crippen LogP contribution in [0.25, 0.3) is 0 Å². The van der Waals surface area contributed by atoms with Crippen molar-refractivity contribution in [1.82, 2.24) is 0 Å². The summed E-state index contributed by atoms with van der Waals surface area (Å²) in [6.07, 6.45) is 1.42. The summed E-state index contributed by atoms with van der Waals surface area (Å²) in [5.74, 6) is -1.23. The first kappa shape index (κ1) is 13.6. The van der Waals surface area contributed by atoms with E-state index in [1.807, 2.05) is 4.90 Å². The van der Waals surface area contributed by atoms with Crippen LogP contribution in [0, 0.1) is 16.0 Å². The van der Waals surface area contributed by atoms with Gasteiger partial charge in [-0.3, -0.25) is 14.9 Å². The minimum atomic E-state index is -0.817.